The number of phenols is 1. The highest BCUT2D eigenvalue weighted by atomic mass is 35.5. The van der Waals surface area contributed by atoms with Gasteiger partial charge >= 0.3 is 5.97 Å². The monoisotopic (exact) mass is 253 g/mol. The molecule has 17 heavy (non-hydrogen) atoms. The zero-order chi connectivity index (χ0) is 12.6. The summed E-state index contributed by atoms with van der Waals surface area (Å²) in [7, 11) is 0. The second kappa shape index (κ2) is 4.10. The number of nitrogens with zero attached hydrogens (tertiary/aromatic N) is 1. The minimum absolute atomic E-state index is 0.142. The maximum Gasteiger partial charge on any atom is 0.374 e. The molecule has 0 unspecified atom stereocenters. The molecule has 5 nitrogen and oxygen atoms in total. The molecule has 88 valence electrons. The lowest BCUT2D eigenvalue weighted by atomic mass is 10.0. The molecule has 0 saturated carbocycles. The average molecular weight is 254 g/mol. The molecular weight excluding hydrogens is 246 g/mol. The first-order chi connectivity index (χ1) is 8.00. The quantitative estimate of drug-likeness (QED) is 0.860. The van der Waals surface area contributed by atoms with E-state index in [9.17, 15) is 9.90 Å². The molecule has 1 heterocycles. The highest BCUT2D eigenvalue weighted by Crippen LogP contribution is 2.37. The van der Waals surface area contributed by atoms with Crippen LogP contribution in [0.1, 0.15) is 16.1 Å². The predicted molar refractivity (Wildman–Crippen MR) is 60.3 cm³/mol. The third-order valence-corrected chi connectivity index (χ3v) is 2.62. The second-order valence-corrected chi connectivity index (χ2v) is 3.88. The Morgan fingerprint density at radius 1 is 1.47 bits per heavy atom. The standard InChI is InChI=1S/C11H8ClNO4/c1-5-2-3-6(12)10(14)9(5)7-4-8(11(15)16)17-13-7/h2-4,14H,1H3,(H,15,16). The smallest absolute Gasteiger partial charge is 0.374 e. The third-order valence-electron chi connectivity index (χ3n) is 2.31. The molecule has 2 rings (SSSR count). The summed E-state index contributed by atoms with van der Waals surface area (Å²) in [6, 6.07) is 4.49. The summed E-state index contributed by atoms with van der Waals surface area (Å²) in [5.41, 5.74) is 1.32. The van der Waals surface area contributed by atoms with Crippen molar-refractivity contribution in [1.29, 1.82) is 0 Å². The Morgan fingerprint density at radius 2 is 2.18 bits per heavy atom. The number of aromatic nitrogens is 1. The van der Waals surface area contributed by atoms with Crippen molar-refractivity contribution in [2.45, 2.75) is 6.92 Å². The van der Waals surface area contributed by atoms with Gasteiger partial charge in [-0.3, -0.25) is 0 Å². The number of aromatic hydroxyl groups is 1. The fraction of sp³-hybridized carbons (Fsp3) is 0.0909. The Bertz CT molecular complexity index is 591. The van der Waals surface area contributed by atoms with E-state index >= 15 is 0 Å². The lowest BCUT2D eigenvalue weighted by Gasteiger charge is -2.06. The fourth-order valence-corrected chi connectivity index (χ4v) is 1.64. The molecule has 0 aliphatic carbocycles. The van der Waals surface area contributed by atoms with Crippen LogP contribution in [-0.4, -0.2) is 21.3 Å². The van der Waals surface area contributed by atoms with Crippen LogP contribution in [-0.2, 0) is 0 Å². The highest BCUT2D eigenvalue weighted by Gasteiger charge is 2.18. The van der Waals surface area contributed by atoms with Gasteiger partial charge in [-0.2, -0.15) is 0 Å². The predicted octanol–water partition coefficient (Wildman–Crippen LogP) is 2.71. The number of carbonyl (C=O) groups is 1. The number of carboxylic acid groups (broad SMARTS) is 1. The number of benzene rings is 1. The lowest BCUT2D eigenvalue weighted by molar-refractivity contribution is 0.0652. The minimum atomic E-state index is -1.22. The van der Waals surface area contributed by atoms with Gasteiger partial charge < -0.3 is 14.7 Å². The zero-order valence-electron chi connectivity index (χ0n) is 8.77. The van der Waals surface area contributed by atoms with Crippen molar-refractivity contribution in [3.63, 3.8) is 0 Å². The Hall–Kier alpha value is -2.01. The van der Waals surface area contributed by atoms with Crippen LogP contribution in [0, 0.1) is 6.92 Å². The van der Waals surface area contributed by atoms with Crippen molar-refractivity contribution in [1.82, 2.24) is 5.16 Å². The van der Waals surface area contributed by atoms with Crippen LogP contribution in [0.25, 0.3) is 11.3 Å². The summed E-state index contributed by atoms with van der Waals surface area (Å²) in [6.45, 7) is 1.75. The van der Waals surface area contributed by atoms with Gasteiger partial charge in [0.2, 0.25) is 5.76 Å². The van der Waals surface area contributed by atoms with E-state index in [1.807, 2.05) is 0 Å². The number of carboxylic acids is 1. The topological polar surface area (TPSA) is 83.6 Å². The van der Waals surface area contributed by atoms with E-state index in [0.717, 1.165) is 5.56 Å². The Labute approximate surface area is 101 Å². The van der Waals surface area contributed by atoms with Crippen LogP contribution < -0.4 is 0 Å². The number of hydrogen-bond donors (Lipinski definition) is 2. The van der Waals surface area contributed by atoms with Gasteiger partial charge in [0, 0.05) is 6.07 Å². The number of halogens is 1. The van der Waals surface area contributed by atoms with Crippen LogP contribution >= 0.6 is 11.6 Å². The number of aryl methyl sites for hydroxylation is 1. The first-order valence-corrected chi connectivity index (χ1v) is 5.07. The van der Waals surface area contributed by atoms with Crippen LogP contribution in [0.2, 0.25) is 5.02 Å². The molecular formula is C11H8ClNO4. The van der Waals surface area contributed by atoms with Gasteiger partial charge in [-0.15, -0.1) is 0 Å². The third kappa shape index (κ3) is 1.97. The molecule has 0 radical (unpaired) electrons. The molecule has 1 aromatic carbocycles. The molecule has 0 aliphatic rings. The summed E-state index contributed by atoms with van der Waals surface area (Å²) in [4.78, 5) is 10.7. The van der Waals surface area contributed by atoms with Gasteiger partial charge in [0.15, 0.2) is 0 Å². The first-order valence-electron chi connectivity index (χ1n) is 4.69. The van der Waals surface area contributed by atoms with Crippen molar-refractivity contribution >= 4 is 17.6 Å². The van der Waals surface area contributed by atoms with E-state index in [0.29, 0.717) is 5.56 Å². The molecule has 0 bridgehead atoms. The Morgan fingerprint density at radius 3 is 2.76 bits per heavy atom. The first kappa shape index (κ1) is 11.5. The molecule has 0 atom stereocenters. The van der Waals surface area contributed by atoms with Crippen LogP contribution in [0.15, 0.2) is 22.7 Å². The van der Waals surface area contributed by atoms with E-state index in [-0.39, 0.29) is 22.2 Å². The lowest BCUT2D eigenvalue weighted by Crippen LogP contribution is -1.91. The van der Waals surface area contributed by atoms with E-state index < -0.39 is 5.97 Å². The summed E-state index contributed by atoms with van der Waals surface area (Å²) in [5.74, 6) is -1.65. The second-order valence-electron chi connectivity index (χ2n) is 3.47. The van der Waals surface area contributed by atoms with Gasteiger partial charge in [0.05, 0.1) is 10.6 Å². The number of rotatable bonds is 2. The Balaban J connectivity index is 2.60. The van der Waals surface area contributed by atoms with Gasteiger partial charge in [-0.25, -0.2) is 4.79 Å². The zero-order valence-corrected chi connectivity index (χ0v) is 9.52. The van der Waals surface area contributed by atoms with E-state index in [1.54, 1.807) is 19.1 Å². The normalized spacial score (nSPS) is 10.5. The fourth-order valence-electron chi connectivity index (χ4n) is 1.48. The number of hydrogen-bond acceptors (Lipinski definition) is 4. The van der Waals surface area contributed by atoms with E-state index in [4.69, 9.17) is 16.7 Å². The van der Waals surface area contributed by atoms with Crippen LogP contribution in [0.5, 0.6) is 5.75 Å². The molecule has 2 N–H and O–H groups in total. The maximum atomic E-state index is 10.7. The molecule has 2 aromatic rings. The summed E-state index contributed by atoms with van der Waals surface area (Å²) >= 11 is 5.78. The van der Waals surface area contributed by atoms with Crippen molar-refractivity contribution < 1.29 is 19.5 Å². The van der Waals surface area contributed by atoms with Crippen LogP contribution in [0.4, 0.5) is 0 Å². The summed E-state index contributed by atoms with van der Waals surface area (Å²) < 4.78 is 4.63. The molecule has 0 saturated heterocycles. The van der Waals surface area contributed by atoms with Gasteiger partial charge in [0.25, 0.3) is 0 Å². The minimum Gasteiger partial charge on any atom is -0.506 e. The van der Waals surface area contributed by atoms with Crippen molar-refractivity contribution in [3.8, 4) is 17.0 Å². The molecule has 0 amide bonds. The Kier molecular flexibility index (Phi) is 2.77. The van der Waals surface area contributed by atoms with Gasteiger partial charge in [-0.05, 0) is 18.6 Å². The van der Waals surface area contributed by atoms with Gasteiger partial charge in [0.1, 0.15) is 11.4 Å². The molecule has 0 spiro atoms. The van der Waals surface area contributed by atoms with Crippen molar-refractivity contribution in [3.05, 3.63) is 34.5 Å². The molecule has 6 heteroatoms. The van der Waals surface area contributed by atoms with Crippen LogP contribution in [0.3, 0.4) is 0 Å². The SMILES string of the molecule is Cc1ccc(Cl)c(O)c1-c1cc(C(=O)O)on1. The highest BCUT2D eigenvalue weighted by molar-refractivity contribution is 6.32. The van der Waals surface area contributed by atoms with Crippen molar-refractivity contribution in [2.24, 2.45) is 0 Å². The van der Waals surface area contributed by atoms with Crippen molar-refractivity contribution in [2.75, 3.05) is 0 Å². The number of phenolic OH excluding ortho intramolecular Hbond substituents is 1. The maximum absolute atomic E-state index is 10.7. The van der Waals surface area contributed by atoms with Gasteiger partial charge in [-0.1, -0.05) is 22.8 Å². The summed E-state index contributed by atoms with van der Waals surface area (Å²) in [5, 5.41) is 22.3. The number of aromatic carboxylic acids is 1. The molecule has 1 aromatic heterocycles. The summed E-state index contributed by atoms with van der Waals surface area (Å²) in [6.07, 6.45) is 0. The molecule has 0 fully saturated rings. The molecule has 0 aliphatic heterocycles. The van der Waals surface area contributed by atoms with E-state index in [1.165, 1.54) is 6.07 Å². The average Bonchev–Trinajstić information content (AvgIpc) is 2.73. The largest absolute Gasteiger partial charge is 0.506 e. The van der Waals surface area contributed by atoms with E-state index in [2.05, 4.69) is 9.68 Å².